The lowest BCUT2D eigenvalue weighted by Crippen LogP contribution is -2.35. The van der Waals surface area contributed by atoms with E-state index in [9.17, 15) is 4.79 Å². The van der Waals surface area contributed by atoms with Gasteiger partial charge in [0.1, 0.15) is 5.01 Å². The minimum Gasteiger partial charge on any atom is -0.493 e. The Kier molecular flexibility index (Phi) is 5.78. The third-order valence-electron chi connectivity index (χ3n) is 4.83. The van der Waals surface area contributed by atoms with E-state index >= 15 is 0 Å². The van der Waals surface area contributed by atoms with Crippen LogP contribution < -0.4 is 15.2 Å². The molecule has 2 N–H and O–H groups in total. The maximum atomic E-state index is 12.6. The first-order chi connectivity index (χ1) is 12.5. The summed E-state index contributed by atoms with van der Waals surface area (Å²) in [4.78, 5) is 19.2. The standard InChI is InChI=1S/C19H25N3O3S/c1-12-6-13(9-20)10-22(12)18(23)8-15-11-26-19(21-15)14-4-5-16(24-2)17(7-14)25-3/h4-5,7,11-13H,6,8-10,20H2,1-3H3. The first-order valence-electron chi connectivity index (χ1n) is 8.72. The summed E-state index contributed by atoms with van der Waals surface area (Å²) in [5.41, 5.74) is 7.50. The van der Waals surface area contributed by atoms with Crippen LogP contribution >= 0.6 is 11.3 Å². The second kappa shape index (κ2) is 8.05. The van der Waals surface area contributed by atoms with E-state index in [1.54, 1.807) is 14.2 Å². The highest BCUT2D eigenvalue weighted by molar-refractivity contribution is 7.13. The van der Waals surface area contributed by atoms with E-state index in [1.807, 2.05) is 28.5 Å². The van der Waals surface area contributed by atoms with Gasteiger partial charge in [0.2, 0.25) is 5.91 Å². The van der Waals surface area contributed by atoms with Crippen LogP contribution in [0.15, 0.2) is 23.6 Å². The molecule has 2 atom stereocenters. The number of likely N-dealkylation sites (tertiary alicyclic amines) is 1. The van der Waals surface area contributed by atoms with E-state index in [-0.39, 0.29) is 11.9 Å². The Morgan fingerprint density at radius 2 is 2.12 bits per heavy atom. The van der Waals surface area contributed by atoms with Crippen LogP contribution in [-0.4, -0.2) is 49.1 Å². The first-order valence-corrected chi connectivity index (χ1v) is 9.60. The van der Waals surface area contributed by atoms with Gasteiger partial charge in [-0.1, -0.05) is 0 Å². The molecule has 6 nitrogen and oxygen atoms in total. The summed E-state index contributed by atoms with van der Waals surface area (Å²) >= 11 is 1.53. The number of nitrogens with zero attached hydrogens (tertiary/aromatic N) is 2. The Morgan fingerprint density at radius 3 is 2.77 bits per heavy atom. The second-order valence-electron chi connectivity index (χ2n) is 6.62. The molecule has 1 amide bonds. The summed E-state index contributed by atoms with van der Waals surface area (Å²) in [5, 5.41) is 2.81. The van der Waals surface area contributed by atoms with Gasteiger partial charge in [-0.05, 0) is 44.0 Å². The van der Waals surface area contributed by atoms with Gasteiger partial charge < -0.3 is 20.1 Å². The van der Waals surface area contributed by atoms with Crippen molar-refractivity contribution in [2.24, 2.45) is 11.7 Å². The van der Waals surface area contributed by atoms with Crippen molar-refractivity contribution in [3.63, 3.8) is 0 Å². The maximum absolute atomic E-state index is 12.6. The fraction of sp³-hybridized carbons (Fsp3) is 0.474. The summed E-state index contributed by atoms with van der Waals surface area (Å²) in [7, 11) is 3.22. The molecule has 0 aliphatic carbocycles. The maximum Gasteiger partial charge on any atom is 0.228 e. The summed E-state index contributed by atoms with van der Waals surface area (Å²) in [5.74, 6) is 1.88. The molecule has 1 fully saturated rings. The van der Waals surface area contributed by atoms with Gasteiger partial charge in [-0.2, -0.15) is 0 Å². The fourth-order valence-electron chi connectivity index (χ4n) is 3.41. The lowest BCUT2D eigenvalue weighted by molar-refractivity contribution is -0.131. The van der Waals surface area contributed by atoms with Gasteiger partial charge in [0.25, 0.3) is 0 Å². The average molecular weight is 375 g/mol. The van der Waals surface area contributed by atoms with E-state index in [2.05, 4.69) is 11.9 Å². The summed E-state index contributed by atoms with van der Waals surface area (Å²) in [6.45, 7) is 3.47. The van der Waals surface area contributed by atoms with Crippen molar-refractivity contribution in [3.05, 3.63) is 29.3 Å². The first kappa shape index (κ1) is 18.7. The Morgan fingerprint density at radius 1 is 1.35 bits per heavy atom. The van der Waals surface area contributed by atoms with Crippen molar-refractivity contribution in [3.8, 4) is 22.1 Å². The quantitative estimate of drug-likeness (QED) is 0.840. The number of aromatic nitrogens is 1. The summed E-state index contributed by atoms with van der Waals surface area (Å²) in [6.07, 6.45) is 1.31. The largest absolute Gasteiger partial charge is 0.493 e. The SMILES string of the molecule is COc1ccc(-c2nc(CC(=O)N3CC(CN)CC3C)cs2)cc1OC. The molecule has 0 saturated carbocycles. The molecule has 7 heteroatoms. The molecule has 0 radical (unpaired) electrons. The Labute approximate surface area is 157 Å². The van der Waals surface area contributed by atoms with Crippen LogP contribution in [0.4, 0.5) is 0 Å². The van der Waals surface area contributed by atoms with Crippen molar-refractivity contribution < 1.29 is 14.3 Å². The number of ether oxygens (including phenoxy) is 2. The molecule has 140 valence electrons. The topological polar surface area (TPSA) is 77.7 Å². The number of hydrogen-bond acceptors (Lipinski definition) is 6. The normalized spacial score (nSPS) is 19.6. The molecule has 26 heavy (non-hydrogen) atoms. The van der Waals surface area contributed by atoms with Crippen molar-refractivity contribution in [1.82, 2.24) is 9.88 Å². The number of nitrogens with two attached hydrogens (primary N) is 1. The Bertz CT molecular complexity index is 777. The molecule has 0 spiro atoms. The van der Waals surface area contributed by atoms with Gasteiger partial charge in [0, 0.05) is 23.5 Å². The zero-order valence-corrected chi connectivity index (χ0v) is 16.2. The monoisotopic (exact) mass is 375 g/mol. The van der Waals surface area contributed by atoms with E-state index < -0.39 is 0 Å². The number of benzene rings is 1. The molecular formula is C19H25N3O3S. The average Bonchev–Trinajstić information content (AvgIpc) is 3.27. The lowest BCUT2D eigenvalue weighted by atomic mass is 10.1. The van der Waals surface area contributed by atoms with Crippen LogP contribution in [0.3, 0.4) is 0 Å². The van der Waals surface area contributed by atoms with Gasteiger partial charge >= 0.3 is 0 Å². The van der Waals surface area contributed by atoms with E-state index in [0.717, 1.165) is 29.2 Å². The molecule has 1 aliphatic heterocycles. The van der Waals surface area contributed by atoms with E-state index in [4.69, 9.17) is 15.2 Å². The molecule has 2 unspecified atom stereocenters. The van der Waals surface area contributed by atoms with Gasteiger partial charge in [-0.25, -0.2) is 4.98 Å². The van der Waals surface area contributed by atoms with Crippen LogP contribution in [0.2, 0.25) is 0 Å². The van der Waals surface area contributed by atoms with Crippen molar-refractivity contribution in [2.45, 2.75) is 25.8 Å². The van der Waals surface area contributed by atoms with Gasteiger partial charge in [-0.15, -0.1) is 11.3 Å². The minimum absolute atomic E-state index is 0.123. The molecule has 1 aliphatic rings. The number of methoxy groups -OCH3 is 2. The number of carbonyl (C=O) groups excluding carboxylic acids is 1. The summed E-state index contributed by atoms with van der Waals surface area (Å²) < 4.78 is 10.6. The van der Waals surface area contributed by atoms with Gasteiger partial charge in [0.15, 0.2) is 11.5 Å². The molecule has 3 rings (SSSR count). The molecule has 1 aromatic heterocycles. The van der Waals surface area contributed by atoms with Gasteiger partial charge in [-0.3, -0.25) is 4.79 Å². The van der Waals surface area contributed by atoms with Crippen LogP contribution in [0.25, 0.3) is 10.6 Å². The number of amides is 1. The molecule has 1 saturated heterocycles. The third-order valence-corrected chi connectivity index (χ3v) is 5.77. The predicted octanol–water partition coefficient (Wildman–Crippen LogP) is 2.57. The zero-order chi connectivity index (χ0) is 18.7. The Hall–Kier alpha value is -2.12. The molecule has 2 heterocycles. The van der Waals surface area contributed by atoms with Crippen molar-refractivity contribution >= 4 is 17.2 Å². The predicted molar refractivity (Wildman–Crippen MR) is 103 cm³/mol. The zero-order valence-electron chi connectivity index (χ0n) is 15.4. The lowest BCUT2D eigenvalue weighted by Gasteiger charge is -2.21. The molecule has 0 bridgehead atoms. The fourth-order valence-corrected chi connectivity index (χ4v) is 4.22. The third kappa shape index (κ3) is 3.83. The molecular weight excluding hydrogens is 350 g/mol. The van der Waals surface area contributed by atoms with Crippen LogP contribution in [0, 0.1) is 5.92 Å². The molecule has 2 aromatic rings. The second-order valence-corrected chi connectivity index (χ2v) is 7.48. The van der Waals surface area contributed by atoms with Crippen LogP contribution in [0.1, 0.15) is 19.0 Å². The Balaban J connectivity index is 1.71. The number of hydrogen-bond donors (Lipinski definition) is 1. The van der Waals surface area contributed by atoms with Gasteiger partial charge in [0.05, 0.1) is 26.3 Å². The smallest absolute Gasteiger partial charge is 0.228 e. The number of carbonyl (C=O) groups is 1. The van der Waals surface area contributed by atoms with Crippen LogP contribution in [-0.2, 0) is 11.2 Å². The van der Waals surface area contributed by atoms with E-state index in [1.165, 1.54) is 11.3 Å². The highest BCUT2D eigenvalue weighted by Gasteiger charge is 2.31. The molecule has 1 aromatic carbocycles. The summed E-state index contributed by atoms with van der Waals surface area (Å²) in [6, 6.07) is 5.96. The highest BCUT2D eigenvalue weighted by Crippen LogP contribution is 2.33. The number of thiazole rings is 1. The van der Waals surface area contributed by atoms with Crippen molar-refractivity contribution in [2.75, 3.05) is 27.3 Å². The van der Waals surface area contributed by atoms with Crippen LogP contribution in [0.5, 0.6) is 11.5 Å². The van der Waals surface area contributed by atoms with Crippen molar-refractivity contribution in [1.29, 1.82) is 0 Å². The van der Waals surface area contributed by atoms with E-state index in [0.29, 0.717) is 30.4 Å². The number of rotatable bonds is 6. The highest BCUT2D eigenvalue weighted by atomic mass is 32.1. The minimum atomic E-state index is 0.123.